The lowest BCUT2D eigenvalue weighted by Gasteiger charge is -2.44. The smallest absolute Gasteiger partial charge is 0.306 e. The van der Waals surface area contributed by atoms with E-state index in [9.17, 15) is 4.79 Å². The Balaban J connectivity index is 1.90. The van der Waals surface area contributed by atoms with E-state index in [4.69, 9.17) is 9.84 Å². The highest BCUT2D eigenvalue weighted by Crippen LogP contribution is 2.37. The number of ether oxygens (including phenoxy) is 1. The molecule has 0 bridgehead atoms. The molecule has 2 aliphatic rings. The van der Waals surface area contributed by atoms with Gasteiger partial charge in [-0.1, -0.05) is 20.3 Å². The van der Waals surface area contributed by atoms with Crippen LogP contribution < -0.4 is 0 Å². The number of rotatable bonds is 3. The molecule has 2 unspecified atom stereocenters. The van der Waals surface area contributed by atoms with Crippen LogP contribution >= 0.6 is 0 Å². The Hall–Kier alpha value is -0.610. The lowest BCUT2D eigenvalue weighted by atomic mass is 9.74. The van der Waals surface area contributed by atoms with Gasteiger partial charge in [0.2, 0.25) is 0 Å². The molecule has 0 amide bonds. The van der Waals surface area contributed by atoms with Crippen molar-refractivity contribution in [1.82, 2.24) is 4.90 Å². The Morgan fingerprint density at radius 1 is 1.50 bits per heavy atom. The van der Waals surface area contributed by atoms with Crippen molar-refractivity contribution in [1.29, 1.82) is 0 Å². The van der Waals surface area contributed by atoms with Gasteiger partial charge in [0.25, 0.3) is 0 Å². The molecule has 1 aliphatic carbocycles. The molecule has 0 aromatic heterocycles. The van der Waals surface area contributed by atoms with Crippen LogP contribution in [0, 0.1) is 5.41 Å². The van der Waals surface area contributed by atoms with Crippen LogP contribution in [0.25, 0.3) is 0 Å². The zero-order chi connectivity index (χ0) is 13.2. The molecule has 2 fully saturated rings. The second-order valence-electron chi connectivity index (χ2n) is 6.50. The number of aliphatic carboxylic acids is 1. The fourth-order valence-corrected chi connectivity index (χ4v) is 3.36. The molecule has 0 aromatic carbocycles. The van der Waals surface area contributed by atoms with Crippen molar-refractivity contribution >= 4 is 5.97 Å². The Morgan fingerprint density at radius 3 is 2.94 bits per heavy atom. The normalized spacial score (nSPS) is 33.2. The minimum atomic E-state index is -0.758. The summed E-state index contributed by atoms with van der Waals surface area (Å²) in [4.78, 5) is 13.2. The predicted octanol–water partition coefficient (Wildman–Crippen LogP) is 2.13. The van der Waals surface area contributed by atoms with Crippen molar-refractivity contribution in [3.05, 3.63) is 0 Å². The number of carboxylic acids is 1. The maximum Gasteiger partial charge on any atom is 0.306 e. The van der Waals surface area contributed by atoms with Gasteiger partial charge in [-0.25, -0.2) is 0 Å². The number of carbonyl (C=O) groups is 1. The molecule has 4 heteroatoms. The highest BCUT2D eigenvalue weighted by molar-refractivity contribution is 5.67. The maximum atomic E-state index is 10.8. The molecule has 1 heterocycles. The largest absolute Gasteiger partial charge is 0.481 e. The van der Waals surface area contributed by atoms with Crippen molar-refractivity contribution in [3.63, 3.8) is 0 Å². The molecule has 1 aliphatic heterocycles. The SMILES string of the molecule is CC1(C)CCCC(N2CCOC(CC(=O)O)C2)C1. The van der Waals surface area contributed by atoms with Gasteiger partial charge in [0.05, 0.1) is 19.1 Å². The lowest BCUT2D eigenvalue weighted by Crippen LogP contribution is -2.50. The summed E-state index contributed by atoms with van der Waals surface area (Å²) in [7, 11) is 0. The van der Waals surface area contributed by atoms with Gasteiger partial charge in [0, 0.05) is 19.1 Å². The molecule has 104 valence electrons. The summed E-state index contributed by atoms with van der Waals surface area (Å²) in [6.45, 7) is 7.10. The predicted molar refractivity (Wildman–Crippen MR) is 69.6 cm³/mol. The van der Waals surface area contributed by atoms with E-state index in [2.05, 4.69) is 18.7 Å². The van der Waals surface area contributed by atoms with Crippen LogP contribution in [0.5, 0.6) is 0 Å². The molecule has 1 saturated heterocycles. The number of morpholine rings is 1. The first-order chi connectivity index (χ1) is 8.46. The molecule has 4 nitrogen and oxygen atoms in total. The molecule has 1 saturated carbocycles. The number of hydrogen-bond acceptors (Lipinski definition) is 3. The monoisotopic (exact) mass is 255 g/mol. The number of nitrogens with zero attached hydrogens (tertiary/aromatic N) is 1. The second-order valence-corrected chi connectivity index (χ2v) is 6.50. The van der Waals surface area contributed by atoms with Gasteiger partial charge >= 0.3 is 5.97 Å². The van der Waals surface area contributed by atoms with Crippen molar-refractivity contribution in [3.8, 4) is 0 Å². The fourth-order valence-electron chi connectivity index (χ4n) is 3.36. The van der Waals surface area contributed by atoms with Crippen LogP contribution in [-0.4, -0.2) is 47.8 Å². The van der Waals surface area contributed by atoms with E-state index in [0.29, 0.717) is 18.1 Å². The van der Waals surface area contributed by atoms with E-state index in [1.165, 1.54) is 25.7 Å². The fraction of sp³-hybridized carbons (Fsp3) is 0.929. The van der Waals surface area contributed by atoms with Gasteiger partial charge in [-0.3, -0.25) is 9.69 Å². The molecular weight excluding hydrogens is 230 g/mol. The maximum absolute atomic E-state index is 10.8. The summed E-state index contributed by atoms with van der Waals surface area (Å²) >= 11 is 0. The zero-order valence-electron chi connectivity index (χ0n) is 11.5. The van der Waals surface area contributed by atoms with Crippen LogP contribution in [0.3, 0.4) is 0 Å². The summed E-state index contributed by atoms with van der Waals surface area (Å²) in [5.74, 6) is -0.758. The average molecular weight is 255 g/mol. The van der Waals surface area contributed by atoms with E-state index < -0.39 is 5.97 Å². The Kier molecular flexibility index (Phi) is 4.28. The third kappa shape index (κ3) is 3.69. The highest BCUT2D eigenvalue weighted by atomic mass is 16.5. The Labute approximate surface area is 109 Å². The first-order valence-electron chi connectivity index (χ1n) is 7.04. The van der Waals surface area contributed by atoms with Crippen LogP contribution in [0.2, 0.25) is 0 Å². The summed E-state index contributed by atoms with van der Waals surface area (Å²) in [6.07, 6.45) is 5.09. The van der Waals surface area contributed by atoms with Crippen molar-refractivity contribution in [2.75, 3.05) is 19.7 Å². The molecule has 0 aromatic rings. The van der Waals surface area contributed by atoms with Gasteiger partial charge < -0.3 is 9.84 Å². The summed E-state index contributed by atoms with van der Waals surface area (Å²) in [5.41, 5.74) is 0.434. The molecule has 0 radical (unpaired) electrons. The van der Waals surface area contributed by atoms with Crippen LogP contribution in [0.15, 0.2) is 0 Å². The third-order valence-corrected chi connectivity index (χ3v) is 4.27. The van der Waals surface area contributed by atoms with Crippen LogP contribution in [-0.2, 0) is 9.53 Å². The summed E-state index contributed by atoms with van der Waals surface area (Å²) in [5, 5.41) is 8.85. The first-order valence-corrected chi connectivity index (χ1v) is 7.04. The van der Waals surface area contributed by atoms with Gasteiger partial charge in [0.1, 0.15) is 0 Å². The molecule has 1 N–H and O–H groups in total. The topological polar surface area (TPSA) is 49.8 Å². The molecule has 18 heavy (non-hydrogen) atoms. The molecule has 0 spiro atoms. The van der Waals surface area contributed by atoms with E-state index in [1.807, 2.05) is 0 Å². The van der Waals surface area contributed by atoms with Crippen molar-refractivity contribution < 1.29 is 14.6 Å². The minimum Gasteiger partial charge on any atom is -0.481 e. The van der Waals surface area contributed by atoms with Gasteiger partial charge in [-0.15, -0.1) is 0 Å². The zero-order valence-corrected chi connectivity index (χ0v) is 11.5. The highest BCUT2D eigenvalue weighted by Gasteiger charge is 2.34. The second kappa shape index (κ2) is 5.57. The van der Waals surface area contributed by atoms with E-state index in [1.54, 1.807) is 0 Å². The number of carboxylic acid groups (broad SMARTS) is 1. The standard InChI is InChI=1S/C14H25NO3/c1-14(2)5-3-4-11(9-14)15-6-7-18-12(10-15)8-13(16)17/h11-12H,3-10H2,1-2H3,(H,16,17). The molecular formula is C14H25NO3. The van der Waals surface area contributed by atoms with Crippen LogP contribution in [0.1, 0.15) is 46.0 Å². The molecule has 2 rings (SSSR count). The van der Waals surface area contributed by atoms with Gasteiger partial charge in [-0.05, 0) is 24.7 Å². The van der Waals surface area contributed by atoms with Crippen molar-refractivity contribution in [2.24, 2.45) is 5.41 Å². The molecule has 2 atom stereocenters. The number of hydrogen-bond donors (Lipinski definition) is 1. The third-order valence-electron chi connectivity index (χ3n) is 4.27. The summed E-state index contributed by atoms with van der Waals surface area (Å²) < 4.78 is 5.54. The van der Waals surface area contributed by atoms with Crippen molar-refractivity contribution in [2.45, 2.75) is 58.1 Å². The Morgan fingerprint density at radius 2 is 2.28 bits per heavy atom. The van der Waals surface area contributed by atoms with Crippen LogP contribution in [0.4, 0.5) is 0 Å². The average Bonchev–Trinajstić information content (AvgIpc) is 2.27. The van der Waals surface area contributed by atoms with Gasteiger partial charge in [-0.2, -0.15) is 0 Å². The van der Waals surface area contributed by atoms with E-state index in [0.717, 1.165) is 13.1 Å². The Bertz CT molecular complexity index is 303. The summed E-state index contributed by atoms with van der Waals surface area (Å²) in [6, 6.07) is 0.619. The first kappa shape index (κ1) is 13.8. The minimum absolute atomic E-state index is 0.124. The van der Waals surface area contributed by atoms with E-state index in [-0.39, 0.29) is 12.5 Å². The lowest BCUT2D eigenvalue weighted by molar-refractivity contribution is -0.143. The van der Waals surface area contributed by atoms with E-state index >= 15 is 0 Å². The quantitative estimate of drug-likeness (QED) is 0.839. The van der Waals surface area contributed by atoms with Gasteiger partial charge in [0.15, 0.2) is 0 Å².